The highest BCUT2D eigenvalue weighted by atomic mass is 19.4. The number of carboxylic acid groups (broad SMARTS) is 1. The zero-order chi connectivity index (χ0) is 25.0. The van der Waals surface area contributed by atoms with Crippen molar-refractivity contribution in [3.8, 4) is 0 Å². The van der Waals surface area contributed by atoms with E-state index >= 15 is 0 Å². The van der Waals surface area contributed by atoms with Gasteiger partial charge in [0.1, 0.15) is 18.8 Å². The number of hydrogen-bond donors (Lipinski definition) is 2. The molecule has 2 rings (SSSR count). The van der Waals surface area contributed by atoms with Crippen LogP contribution in [0.1, 0.15) is 10.4 Å². The lowest BCUT2D eigenvalue weighted by atomic mass is 10.1. The Morgan fingerprint density at radius 2 is 1.82 bits per heavy atom. The molecule has 10 nitrogen and oxygen atoms in total. The third kappa shape index (κ3) is 7.65. The summed E-state index contributed by atoms with van der Waals surface area (Å²) < 4.78 is 81.1. The Bertz CT molecular complexity index is 878. The van der Waals surface area contributed by atoms with Crippen molar-refractivity contribution in [3.63, 3.8) is 0 Å². The molecule has 1 aliphatic rings. The lowest BCUT2D eigenvalue weighted by Crippen LogP contribution is -2.51. The molecule has 0 spiro atoms. The zero-order valence-electron chi connectivity index (χ0n) is 16.6. The fourth-order valence-corrected chi connectivity index (χ4v) is 3.08. The second kappa shape index (κ2) is 10.1. The number of carbonyl (C=O) groups is 2. The van der Waals surface area contributed by atoms with Gasteiger partial charge < -0.3 is 20.1 Å². The summed E-state index contributed by atoms with van der Waals surface area (Å²) in [6.45, 7) is -4.34. The number of halogens is 6. The van der Waals surface area contributed by atoms with Gasteiger partial charge in [-0.15, -0.1) is 0 Å². The van der Waals surface area contributed by atoms with E-state index in [2.05, 4.69) is 5.32 Å². The maximum absolute atomic E-state index is 12.7. The smallest absolute Gasteiger partial charge is 0.407 e. The number of anilines is 1. The number of ether oxygens (including phenoxy) is 1. The van der Waals surface area contributed by atoms with Crippen molar-refractivity contribution < 1.29 is 50.7 Å². The van der Waals surface area contributed by atoms with Crippen molar-refractivity contribution in [2.45, 2.75) is 18.4 Å². The molecule has 1 aromatic carbocycles. The molecule has 1 aliphatic heterocycles. The van der Waals surface area contributed by atoms with Gasteiger partial charge in [0.15, 0.2) is 0 Å². The van der Waals surface area contributed by atoms with Crippen LogP contribution in [0, 0.1) is 10.1 Å². The number of hydrogen-bond acceptors (Lipinski definition) is 6. The minimum Gasteiger partial charge on any atom is -0.465 e. The molecule has 1 atom stereocenters. The number of nitrogens with zero attached hydrogens (tertiary/aromatic N) is 3. The van der Waals surface area contributed by atoms with Crippen LogP contribution in [0.4, 0.5) is 42.5 Å². The first-order chi connectivity index (χ1) is 15.2. The van der Waals surface area contributed by atoms with Gasteiger partial charge in [-0.05, 0) is 12.1 Å². The molecule has 1 fully saturated rings. The molecule has 16 heteroatoms. The zero-order valence-corrected chi connectivity index (χ0v) is 16.6. The lowest BCUT2D eigenvalue weighted by molar-refractivity contribution is -0.384. The van der Waals surface area contributed by atoms with Crippen molar-refractivity contribution in [1.82, 2.24) is 9.80 Å². The number of nitro groups is 1. The van der Waals surface area contributed by atoms with E-state index in [-0.39, 0.29) is 32.0 Å². The first-order valence-electron chi connectivity index (χ1n) is 9.20. The van der Waals surface area contributed by atoms with Crippen molar-refractivity contribution in [2.24, 2.45) is 0 Å². The summed E-state index contributed by atoms with van der Waals surface area (Å²) >= 11 is 0. The van der Waals surface area contributed by atoms with E-state index in [4.69, 9.17) is 4.74 Å². The van der Waals surface area contributed by atoms with E-state index in [9.17, 15) is 51.2 Å². The van der Waals surface area contributed by atoms with E-state index in [1.807, 2.05) is 0 Å². The SMILES string of the molecule is O=C(c1ccc(NCC2COCCN2C(=O)O)c([N+](=O)[O-])c1)N(CC(F)(F)F)CC(F)(F)F. The first kappa shape index (κ1) is 26.0. The van der Waals surface area contributed by atoms with Crippen molar-refractivity contribution in [3.05, 3.63) is 33.9 Å². The average molecular weight is 488 g/mol. The topological polar surface area (TPSA) is 125 Å². The second-order valence-corrected chi connectivity index (χ2v) is 6.97. The summed E-state index contributed by atoms with van der Waals surface area (Å²) in [5.41, 5.74) is -1.77. The quantitative estimate of drug-likeness (QED) is 0.344. The highest BCUT2D eigenvalue weighted by Gasteiger charge is 2.40. The van der Waals surface area contributed by atoms with Gasteiger partial charge in [0, 0.05) is 24.7 Å². The van der Waals surface area contributed by atoms with E-state index in [1.54, 1.807) is 0 Å². The van der Waals surface area contributed by atoms with Crippen molar-refractivity contribution >= 4 is 23.4 Å². The Morgan fingerprint density at radius 1 is 1.21 bits per heavy atom. The normalized spacial score (nSPS) is 16.9. The van der Waals surface area contributed by atoms with Crippen LogP contribution < -0.4 is 5.32 Å². The molecule has 1 aromatic rings. The lowest BCUT2D eigenvalue weighted by Gasteiger charge is -2.33. The number of benzene rings is 1. The van der Waals surface area contributed by atoms with Gasteiger partial charge in [-0.2, -0.15) is 26.3 Å². The highest BCUT2D eigenvalue weighted by Crippen LogP contribution is 2.28. The van der Waals surface area contributed by atoms with Crippen LogP contribution in [0.3, 0.4) is 0 Å². The molecule has 1 heterocycles. The molecule has 0 aromatic heterocycles. The maximum Gasteiger partial charge on any atom is 0.407 e. The molecule has 33 heavy (non-hydrogen) atoms. The summed E-state index contributed by atoms with van der Waals surface area (Å²) in [6, 6.07) is 1.62. The molecule has 1 unspecified atom stereocenters. The molecule has 0 radical (unpaired) electrons. The van der Waals surface area contributed by atoms with Crippen LogP contribution in [-0.4, -0.2) is 89.6 Å². The Balaban J connectivity index is 2.26. The minimum atomic E-state index is -5.13. The third-order valence-electron chi connectivity index (χ3n) is 4.47. The Labute approximate surface area is 181 Å². The van der Waals surface area contributed by atoms with Crippen LogP contribution in [0.5, 0.6) is 0 Å². The summed E-state index contributed by atoms with van der Waals surface area (Å²) in [4.78, 5) is 34.5. The number of morpholine rings is 1. The number of rotatable bonds is 7. The molecule has 2 N–H and O–H groups in total. The predicted molar refractivity (Wildman–Crippen MR) is 98.9 cm³/mol. The predicted octanol–water partition coefficient (Wildman–Crippen LogP) is 2.95. The first-order valence-corrected chi connectivity index (χ1v) is 9.20. The van der Waals surface area contributed by atoms with Crippen molar-refractivity contribution in [1.29, 1.82) is 0 Å². The number of nitro benzene ring substituents is 1. The maximum atomic E-state index is 12.7. The van der Waals surface area contributed by atoms with Gasteiger partial charge in [0.2, 0.25) is 0 Å². The summed E-state index contributed by atoms with van der Waals surface area (Å²) in [7, 11) is 0. The largest absolute Gasteiger partial charge is 0.465 e. The summed E-state index contributed by atoms with van der Waals surface area (Å²) in [5.74, 6) is -1.70. The molecule has 0 saturated carbocycles. The van der Waals surface area contributed by atoms with Gasteiger partial charge in [0.05, 0.1) is 24.2 Å². The number of carbonyl (C=O) groups excluding carboxylic acids is 1. The van der Waals surface area contributed by atoms with Gasteiger partial charge in [-0.25, -0.2) is 4.79 Å². The van der Waals surface area contributed by atoms with Crippen LogP contribution in [0.25, 0.3) is 0 Å². The van der Waals surface area contributed by atoms with E-state index < -0.39 is 64.6 Å². The average Bonchev–Trinajstić information content (AvgIpc) is 2.69. The fourth-order valence-electron chi connectivity index (χ4n) is 3.08. The van der Waals surface area contributed by atoms with E-state index in [1.165, 1.54) is 0 Å². The molecular formula is C17H18F6N4O6. The van der Waals surface area contributed by atoms with Crippen molar-refractivity contribution in [2.75, 3.05) is 44.7 Å². The van der Waals surface area contributed by atoms with Gasteiger partial charge >= 0.3 is 18.4 Å². The van der Waals surface area contributed by atoms with Gasteiger partial charge in [0.25, 0.3) is 11.6 Å². The van der Waals surface area contributed by atoms with E-state index in [0.717, 1.165) is 17.0 Å². The van der Waals surface area contributed by atoms with Gasteiger partial charge in [-0.1, -0.05) is 0 Å². The number of alkyl halides is 6. The number of nitrogens with one attached hydrogen (secondary N) is 1. The molecule has 0 bridgehead atoms. The standard InChI is InChI=1S/C17H18F6N4O6/c18-16(19,20)8-25(9-17(21,22)23)14(28)10-1-2-12(13(5-10)27(31)32)24-6-11-7-33-4-3-26(11)15(29)30/h1-2,5,11,24H,3-4,6-9H2,(H,29,30). The van der Waals surface area contributed by atoms with Crippen LogP contribution in [0.2, 0.25) is 0 Å². The molecular weight excluding hydrogens is 470 g/mol. The highest BCUT2D eigenvalue weighted by molar-refractivity contribution is 5.95. The number of amides is 2. The van der Waals surface area contributed by atoms with Gasteiger partial charge in [-0.3, -0.25) is 19.8 Å². The molecule has 184 valence electrons. The summed E-state index contributed by atoms with van der Waals surface area (Å²) in [5, 5.41) is 23.2. The molecule has 2 amide bonds. The Kier molecular flexibility index (Phi) is 7.94. The monoisotopic (exact) mass is 488 g/mol. The molecule has 0 aliphatic carbocycles. The van der Waals surface area contributed by atoms with E-state index in [0.29, 0.717) is 6.07 Å². The third-order valence-corrected chi connectivity index (χ3v) is 4.47. The molecule has 1 saturated heterocycles. The Hall–Kier alpha value is -3.30. The minimum absolute atomic E-state index is 0.00644. The second-order valence-electron chi connectivity index (χ2n) is 6.97. The fraction of sp³-hybridized carbons (Fsp3) is 0.529. The Morgan fingerprint density at radius 3 is 2.33 bits per heavy atom. The summed E-state index contributed by atoms with van der Waals surface area (Å²) in [6.07, 6.45) is -11.5. The van der Waals surface area contributed by atoms with Crippen LogP contribution in [0.15, 0.2) is 18.2 Å². The van der Waals surface area contributed by atoms with Crippen LogP contribution in [-0.2, 0) is 4.74 Å². The van der Waals surface area contributed by atoms with Crippen LogP contribution >= 0.6 is 0 Å².